The summed E-state index contributed by atoms with van der Waals surface area (Å²) in [6.45, 7) is 5.32. The van der Waals surface area contributed by atoms with Gasteiger partial charge in [-0.2, -0.15) is 0 Å². The van der Waals surface area contributed by atoms with E-state index >= 15 is 0 Å². The van der Waals surface area contributed by atoms with Crippen molar-refractivity contribution in [2.75, 3.05) is 7.11 Å². The van der Waals surface area contributed by atoms with Crippen LogP contribution in [-0.4, -0.2) is 7.11 Å². The molecule has 0 spiro atoms. The predicted octanol–water partition coefficient (Wildman–Crippen LogP) is 1.89. The van der Waals surface area contributed by atoms with Crippen molar-refractivity contribution in [3.05, 3.63) is 36.5 Å². The first-order chi connectivity index (χ1) is 4.72. The molecular formula is C8H7FO. The van der Waals surface area contributed by atoms with E-state index in [2.05, 4.69) is 0 Å². The lowest BCUT2D eigenvalue weighted by Crippen LogP contribution is -1.85. The monoisotopic (exact) mass is 138 g/mol. The Morgan fingerprint density at radius 3 is 2.60 bits per heavy atom. The number of methoxy groups -OCH3 is 1. The molecule has 0 N–H and O–H groups in total. The maximum Gasteiger partial charge on any atom is 0.127 e. The zero-order chi connectivity index (χ0) is 7.56. The standard InChI is InChI=1S/C8H7FO/c1-6-3-7(9)5-8(4-6)10-2/h1,3-5H,2H3. The van der Waals surface area contributed by atoms with Gasteiger partial charge in [-0.1, -0.05) is 0 Å². The number of hydrogen-bond donors (Lipinski definition) is 0. The molecule has 0 heterocycles. The smallest absolute Gasteiger partial charge is 0.127 e. The maximum atomic E-state index is 12.5. The SMILES string of the molecule is [CH]c1cc(F)cc(OC)c1. The first-order valence-electron chi connectivity index (χ1n) is 2.82. The average Bonchev–Trinajstić information content (AvgIpc) is 1.85. The maximum absolute atomic E-state index is 12.5. The van der Waals surface area contributed by atoms with E-state index in [0.29, 0.717) is 11.3 Å². The fraction of sp³-hybridized carbons (Fsp3) is 0.125. The third kappa shape index (κ3) is 1.47. The lowest BCUT2D eigenvalue weighted by molar-refractivity contribution is 0.411. The first-order valence-corrected chi connectivity index (χ1v) is 2.82. The van der Waals surface area contributed by atoms with Gasteiger partial charge >= 0.3 is 0 Å². The summed E-state index contributed by atoms with van der Waals surface area (Å²) >= 11 is 0. The molecule has 52 valence electrons. The molecule has 0 aromatic heterocycles. The van der Waals surface area contributed by atoms with Gasteiger partial charge in [-0.3, -0.25) is 0 Å². The molecule has 0 aliphatic carbocycles. The number of rotatable bonds is 1. The van der Waals surface area contributed by atoms with Crippen molar-refractivity contribution in [2.45, 2.75) is 0 Å². The summed E-state index contributed by atoms with van der Waals surface area (Å²) in [5.74, 6) is 0.0642. The van der Waals surface area contributed by atoms with Crippen molar-refractivity contribution in [1.82, 2.24) is 0 Å². The summed E-state index contributed by atoms with van der Waals surface area (Å²) in [5, 5.41) is 0. The van der Waals surface area contributed by atoms with E-state index in [4.69, 9.17) is 11.7 Å². The highest BCUT2D eigenvalue weighted by Crippen LogP contribution is 2.14. The number of halogens is 1. The summed E-state index contributed by atoms with van der Waals surface area (Å²) in [6, 6.07) is 4.07. The van der Waals surface area contributed by atoms with Crippen LogP contribution in [0.5, 0.6) is 5.75 Å². The summed E-state index contributed by atoms with van der Waals surface area (Å²) in [4.78, 5) is 0. The van der Waals surface area contributed by atoms with Gasteiger partial charge in [-0.15, -0.1) is 0 Å². The van der Waals surface area contributed by atoms with Gasteiger partial charge in [0.05, 0.1) is 7.11 Å². The van der Waals surface area contributed by atoms with Gasteiger partial charge in [0.15, 0.2) is 0 Å². The minimum absolute atomic E-state index is 0.372. The Kier molecular flexibility index (Phi) is 1.90. The second-order valence-corrected chi connectivity index (χ2v) is 1.92. The molecule has 1 aromatic carbocycles. The van der Waals surface area contributed by atoms with Gasteiger partial charge in [0.1, 0.15) is 11.6 Å². The van der Waals surface area contributed by atoms with Crippen LogP contribution in [0.25, 0.3) is 0 Å². The van der Waals surface area contributed by atoms with Crippen molar-refractivity contribution in [3.63, 3.8) is 0 Å². The molecule has 2 heteroatoms. The molecule has 0 fully saturated rings. The third-order valence-corrected chi connectivity index (χ3v) is 1.13. The van der Waals surface area contributed by atoms with Gasteiger partial charge in [0, 0.05) is 6.07 Å². The van der Waals surface area contributed by atoms with Gasteiger partial charge < -0.3 is 4.74 Å². The van der Waals surface area contributed by atoms with Crippen molar-refractivity contribution in [1.29, 1.82) is 0 Å². The zero-order valence-corrected chi connectivity index (χ0v) is 5.60. The molecule has 2 radical (unpaired) electrons. The highest BCUT2D eigenvalue weighted by Gasteiger charge is 1.95. The Morgan fingerprint density at radius 2 is 2.10 bits per heavy atom. The molecule has 0 unspecified atom stereocenters. The molecule has 1 rings (SSSR count). The zero-order valence-electron chi connectivity index (χ0n) is 5.60. The minimum Gasteiger partial charge on any atom is -0.497 e. The van der Waals surface area contributed by atoms with Crippen LogP contribution in [0, 0.1) is 12.7 Å². The molecule has 0 saturated heterocycles. The van der Waals surface area contributed by atoms with E-state index < -0.39 is 0 Å². The van der Waals surface area contributed by atoms with Gasteiger partial charge in [-0.05, 0) is 24.6 Å². The lowest BCUT2D eigenvalue weighted by Gasteiger charge is -1.99. The summed E-state index contributed by atoms with van der Waals surface area (Å²) in [5.41, 5.74) is 0.372. The molecule has 0 bridgehead atoms. The number of benzene rings is 1. The average molecular weight is 138 g/mol. The fourth-order valence-electron chi connectivity index (χ4n) is 0.702. The summed E-state index contributed by atoms with van der Waals surface area (Å²) < 4.78 is 17.2. The van der Waals surface area contributed by atoms with Gasteiger partial charge in [0.2, 0.25) is 0 Å². The Morgan fingerprint density at radius 1 is 1.40 bits per heavy atom. The minimum atomic E-state index is -0.378. The lowest BCUT2D eigenvalue weighted by atomic mass is 10.2. The molecular weight excluding hydrogens is 131 g/mol. The van der Waals surface area contributed by atoms with Crippen LogP contribution in [0.15, 0.2) is 18.2 Å². The van der Waals surface area contributed by atoms with Crippen LogP contribution in [0.2, 0.25) is 0 Å². The highest BCUT2D eigenvalue weighted by molar-refractivity contribution is 5.30. The molecule has 0 atom stereocenters. The molecule has 0 saturated carbocycles. The second kappa shape index (κ2) is 2.69. The Labute approximate surface area is 59.4 Å². The van der Waals surface area contributed by atoms with E-state index in [-0.39, 0.29) is 5.82 Å². The molecule has 0 amide bonds. The number of hydrogen-bond acceptors (Lipinski definition) is 1. The first kappa shape index (κ1) is 7.06. The van der Waals surface area contributed by atoms with Crippen molar-refractivity contribution >= 4 is 0 Å². The number of ether oxygens (including phenoxy) is 1. The molecule has 0 aliphatic heterocycles. The summed E-state index contributed by atoms with van der Waals surface area (Å²) in [6.07, 6.45) is 0. The molecule has 1 aromatic rings. The quantitative estimate of drug-likeness (QED) is 0.575. The van der Waals surface area contributed by atoms with Gasteiger partial charge in [-0.25, -0.2) is 4.39 Å². The van der Waals surface area contributed by atoms with Crippen molar-refractivity contribution in [3.8, 4) is 5.75 Å². The predicted molar refractivity (Wildman–Crippen MR) is 36.4 cm³/mol. The van der Waals surface area contributed by atoms with Crippen LogP contribution in [0.4, 0.5) is 4.39 Å². The van der Waals surface area contributed by atoms with E-state index in [1.807, 2.05) is 0 Å². The van der Waals surface area contributed by atoms with Crippen LogP contribution in [0.3, 0.4) is 0 Å². The normalized spacial score (nSPS) is 9.50. The molecule has 1 nitrogen and oxygen atoms in total. The topological polar surface area (TPSA) is 9.23 Å². The Hall–Kier alpha value is -1.05. The molecule has 10 heavy (non-hydrogen) atoms. The van der Waals surface area contributed by atoms with Crippen LogP contribution in [0.1, 0.15) is 5.56 Å². The van der Waals surface area contributed by atoms with E-state index in [0.717, 1.165) is 0 Å². The van der Waals surface area contributed by atoms with Crippen molar-refractivity contribution < 1.29 is 9.13 Å². The van der Waals surface area contributed by atoms with E-state index in [9.17, 15) is 4.39 Å². The van der Waals surface area contributed by atoms with Crippen molar-refractivity contribution in [2.24, 2.45) is 0 Å². The van der Waals surface area contributed by atoms with Crippen LogP contribution >= 0.6 is 0 Å². The van der Waals surface area contributed by atoms with E-state index in [1.165, 1.54) is 19.2 Å². The molecule has 0 aliphatic rings. The second-order valence-electron chi connectivity index (χ2n) is 1.92. The van der Waals surface area contributed by atoms with Crippen LogP contribution < -0.4 is 4.74 Å². The highest BCUT2D eigenvalue weighted by atomic mass is 19.1. The van der Waals surface area contributed by atoms with E-state index in [1.54, 1.807) is 6.07 Å². The van der Waals surface area contributed by atoms with Gasteiger partial charge in [0.25, 0.3) is 0 Å². The Balaban J connectivity index is 3.06. The summed E-state index contributed by atoms with van der Waals surface area (Å²) in [7, 11) is 1.47. The fourth-order valence-corrected chi connectivity index (χ4v) is 0.702. The largest absolute Gasteiger partial charge is 0.497 e. The Bertz CT molecular complexity index is 212. The third-order valence-electron chi connectivity index (χ3n) is 1.13. The van der Waals surface area contributed by atoms with Crippen LogP contribution in [-0.2, 0) is 0 Å².